The van der Waals surface area contributed by atoms with E-state index in [2.05, 4.69) is 0 Å². The molecule has 1 rings (SSSR count). The molecule has 86 valence electrons. The first kappa shape index (κ1) is 13.1. The first-order valence-electron chi connectivity index (χ1n) is 4.14. The van der Waals surface area contributed by atoms with Crippen LogP contribution in [0, 0.1) is 3.57 Å². The maximum absolute atomic E-state index is 12.4. The monoisotopic (exact) mass is 342 g/mol. The Kier molecular flexibility index (Phi) is 3.72. The molecule has 0 aliphatic rings. The molecular formula is C10H6F3IO2. The number of hydrogen-bond acceptors (Lipinski definition) is 2. The molecule has 0 bridgehead atoms. The van der Waals surface area contributed by atoms with E-state index in [4.69, 9.17) is 0 Å². The third kappa shape index (κ3) is 2.60. The summed E-state index contributed by atoms with van der Waals surface area (Å²) < 4.78 is 37.5. The van der Waals surface area contributed by atoms with E-state index < -0.39 is 17.5 Å². The van der Waals surface area contributed by atoms with Gasteiger partial charge in [-0.1, -0.05) is 0 Å². The third-order valence-corrected chi connectivity index (χ3v) is 2.85. The highest BCUT2D eigenvalue weighted by molar-refractivity contribution is 14.1. The molecule has 1 aromatic carbocycles. The fraction of sp³-hybridized carbons (Fsp3) is 0.200. The lowest BCUT2D eigenvalue weighted by Crippen LogP contribution is -2.10. The molecule has 0 unspecified atom stereocenters. The van der Waals surface area contributed by atoms with Crippen LogP contribution in [-0.4, -0.2) is 12.1 Å². The van der Waals surface area contributed by atoms with E-state index in [1.807, 2.05) is 0 Å². The van der Waals surface area contributed by atoms with Crippen molar-refractivity contribution in [3.05, 3.63) is 32.4 Å². The van der Waals surface area contributed by atoms with Crippen LogP contribution in [0.5, 0.6) is 0 Å². The summed E-state index contributed by atoms with van der Waals surface area (Å²) in [5, 5.41) is 0. The average Bonchev–Trinajstić information content (AvgIpc) is 2.14. The third-order valence-electron chi connectivity index (χ3n) is 1.95. The second kappa shape index (κ2) is 4.52. The minimum absolute atomic E-state index is 0.00102. The molecule has 0 aliphatic heterocycles. The van der Waals surface area contributed by atoms with Crippen molar-refractivity contribution in [2.24, 2.45) is 0 Å². The number of aldehydes is 1. The summed E-state index contributed by atoms with van der Waals surface area (Å²) in [4.78, 5) is 21.8. The van der Waals surface area contributed by atoms with E-state index in [0.29, 0.717) is 12.4 Å². The number of alkyl halides is 3. The minimum Gasteiger partial charge on any atom is -0.298 e. The molecule has 0 saturated carbocycles. The highest BCUT2D eigenvalue weighted by atomic mass is 127. The van der Waals surface area contributed by atoms with Gasteiger partial charge in [-0.25, -0.2) is 0 Å². The Morgan fingerprint density at radius 3 is 2.31 bits per heavy atom. The zero-order chi connectivity index (χ0) is 12.5. The quantitative estimate of drug-likeness (QED) is 0.469. The van der Waals surface area contributed by atoms with Crippen molar-refractivity contribution >= 4 is 34.7 Å². The number of benzene rings is 1. The molecule has 0 aliphatic carbocycles. The molecular weight excluding hydrogens is 336 g/mol. The van der Waals surface area contributed by atoms with Crippen molar-refractivity contribution in [3.8, 4) is 0 Å². The maximum Gasteiger partial charge on any atom is 0.416 e. The van der Waals surface area contributed by atoms with Gasteiger partial charge < -0.3 is 0 Å². The van der Waals surface area contributed by atoms with E-state index in [1.54, 1.807) is 22.6 Å². The summed E-state index contributed by atoms with van der Waals surface area (Å²) >= 11 is 1.60. The van der Waals surface area contributed by atoms with Gasteiger partial charge in [-0.15, -0.1) is 0 Å². The molecule has 6 heteroatoms. The predicted octanol–water partition coefficient (Wildman–Crippen LogP) is 3.33. The molecule has 0 fully saturated rings. The fourth-order valence-corrected chi connectivity index (χ4v) is 1.95. The summed E-state index contributed by atoms with van der Waals surface area (Å²) in [5.74, 6) is -0.564. The molecule has 0 saturated heterocycles. The molecule has 0 heterocycles. The number of hydrogen-bond donors (Lipinski definition) is 0. The standard InChI is InChI=1S/C10H6F3IO2/c1-5(16)7-2-6(10(11,12)13)3-9(14)8(7)4-15/h2-4H,1H3. The van der Waals surface area contributed by atoms with Crippen LogP contribution in [0.25, 0.3) is 0 Å². The van der Waals surface area contributed by atoms with Crippen LogP contribution in [0.1, 0.15) is 33.2 Å². The van der Waals surface area contributed by atoms with Crippen LogP contribution >= 0.6 is 22.6 Å². The van der Waals surface area contributed by atoms with Gasteiger partial charge in [-0.05, 0) is 41.6 Å². The molecule has 0 aromatic heterocycles. The first-order chi connectivity index (χ1) is 7.27. The van der Waals surface area contributed by atoms with Crippen molar-refractivity contribution in [2.45, 2.75) is 13.1 Å². The fourth-order valence-electron chi connectivity index (χ4n) is 1.19. The highest BCUT2D eigenvalue weighted by Crippen LogP contribution is 2.32. The topological polar surface area (TPSA) is 34.1 Å². The van der Waals surface area contributed by atoms with Gasteiger partial charge in [-0.3, -0.25) is 9.59 Å². The lowest BCUT2D eigenvalue weighted by Gasteiger charge is -2.10. The van der Waals surface area contributed by atoms with Crippen LogP contribution in [0.4, 0.5) is 13.2 Å². The van der Waals surface area contributed by atoms with Gasteiger partial charge >= 0.3 is 6.18 Å². The largest absolute Gasteiger partial charge is 0.416 e. The number of carbonyl (C=O) groups excluding carboxylic acids is 2. The second-order valence-corrected chi connectivity index (χ2v) is 4.25. The van der Waals surface area contributed by atoms with E-state index in [1.165, 1.54) is 0 Å². The predicted molar refractivity (Wildman–Crippen MR) is 59.6 cm³/mol. The summed E-state index contributed by atoms with van der Waals surface area (Å²) in [6, 6.07) is 1.55. The van der Waals surface area contributed by atoms with Crippen molar-refractivity contribution in [2.75, 3.05) is 0 Å². The molecule has 2 nitrogen and oxygen atoms in total. The van der Waals surface area contributed by atoms with Gasteiger partial charge in [-0.2, -0.15) is 13.2 Å². The molecule has 0 N–H and O–H groups in total. The zero-order valence-electron chi connectivity index (χ0n) is 8.06. The van der Waals surface area contributed by atoms with Crippen LogP contribution in [-0.2, 0) is 6.18 Å². The Morgan fingerprint density at radius 2 is 1.94 bits per heavy atom. The van der Waals surface area contributed by atoms with Gasteiger partial charge in [0.15, 0.2) is 12.1 Å². The van der Waals surface area contributed by atoms with Gasteiger partial charge in [0.05, 0.1) is 5.56 Å². The SMILES string of the molecule is CC(=O)c1cc(C(F)(F)F)cc(I)c1C=O. The highest BCUT2D eigenvalue weighted by Gasteiger charge is 2.32. The van der Waals surface area contributed by atoms with E-state index in [9.17, 15) is 22.8 Å². The van der Waals surface area contributed by atoms with Crippen molar-refractivity contribution in [1.29, 1.82) is 0 Å². The van der Waals surface area contributed by atoms with Crippen molar-refractivity contribution in [3.63, 3.8) is 0 Å². The average molecular weight is 342 g/mol. The summed E-state index contributed by atoms with van der Waals surface area (Å²) in [5.41, 5.74) is -1.12. The smallest absolute Gasteiger partial charge is 0.298 e. The normalized spacial score (nSPS) is 11.3. The lowest BCUT2D eigenvalue weighted by molar-refractivity contribution is -0.137. The Morgan fingerprint density at radius 1 is 1.38 bits per heavy atom. The number of rotatable bonds is 2. The molecule has 1 aromatic rings. The van der Waals surface area contributed by atoms with Gasteiger partial charge in [0.25, 0.3) is 0 Å². The molecule has 0 radical (unpaired) electrons. The first-order valence-corrected chi connectivity index (χ1v) is 5.22. The Labute approximate surface area is 103 Å². The second-order valence-electron chi connectivity index (χ2n) is 3.09. The number of Topliss-reactive ketones (excluding diaryl/α,β-unsaturated/α-hetero) is 1. The summed E-state index contributed by atoms with van der Waals surface area (Å²) in [6.07, 6.45) is -4.13. The number of ketones is 1. The van der Waals surface area contributed by atoms with Crippen LogP contribution in [0.15, 0.2) is 12.1 Å². The maximum atomic E-state index is 12.4. The molecule has 0 amide bonds. The van der Waals surface area contributed by atoms with Gasteiger partial charge in [0.2, 0.25) is 0 Å². The Bertz CT molecular complexity index is 452. The van der Waals surface area contributed by atoms with Crippen LogP contribution in [0.3, 0.4) is 0 Å². The van der Waals surface area contributed by atoms with Gasteiger partial charge in [0, 0.05) is 14.7 Å². The zero-order valence-corrected chi connectivity index (χ0v) is 10.2. The van der Waals surface area contributed by atoms with Crippen molar-refractivity contribution in [1.82, 2.24) is 0 Å². The molecule has 0 atom stereocenters. The summed E-state index contributed by atoms with van der Waals surface area (Å²) in [6.45, 7) is 1.12. The van der Waals surface area contributed by atoms with Gasteiger partial charge in [0.1, 0.15) is 0 Å². The van der Waals surface area contributed by atoms with Crippen molar-refractivity contribution < 1.29 is 22.8 Å². The summed E-state index contributed by atoms with van der Waals surface area (Å²) in [7, 11) is 0. The lowest BCUT2D eigenvalue weighted by atomic mass is 10.0. The number of halogens is 4. The van der Waals surface area contributed by atoms with E-state index in [0.717, 1.165) is 13.0 Å². The van der Waals surface area contributed by atoms with E-state index >= 15 is 0 Å². The Hall–Kier alpha value is -0.920. The van der Waals surface area contributed by atoms with Crippen LogP contribution in [0.2, 0.25) is 0 Å². The molecule has 16 heavy (non-hydrogen) atoms. The Balaban J connectivity index is 3.52. The van der Waals surface area contributed by atoms with E-state index in [-0.39, 0.29) is 14.7 Å². The van der Waals surface area contributed by atoms with Crippen LogP contribution < -0.4 is 0 Å². The number of carbonyl (C=O) groups is 2. The molecule has 0 spiro atoms. The minimum atomic E-state index is -4.52.